The van der Waals surface area contributed by atoms with Crippen LogP contribution in [0.15, 0.2) is 36.7 Å². The van der Waals surface area contributed by atoms with E-state index in [9.17, 15) is 0 Å². The third-order valence-electron chi connectivity index (χ3n) is 2.45. The molecule has 1 N–H and O–H groups in total. The molecule has 0 aliphatic rings. The molecule has 0 unspecified atom stereocenters. The number of hydrogen-bond donors (Lipinski definition) is 1. The molecule has 1 aromatic carbocycles. The fourth-order valence-electron chi connectivity index (χ4n) is 1.69. The highest BCUT2D eigenvalue weighted by Crippen LogP contribution is 2.18. The number of nitrogens with zero attached hydrogens (tertiary/aromatic N) is 1. The Morgan fingerprint density at radius 1 is 1.20 bits per heavy atom. The maximum absolute atomic E-state index is 8.71. The number of unbranched alkanes of at least 4 members (excludes halogenated alkanes) is 1. The number of benzene rings is 1. The largest absolute Gasteiger partial charge is 0.396 e. The third kappa shape index (κ3) is 2.34. The Morgan fingerprint density at radius 3 is 2.93 bits per heavy atom. The molecule has 2 nitrogen and oxygen atoms in total. The number of pyridine rings is 1. The molecular formula is C13H14NO. The van der Waals surface area contributed by atoms with Crippen molar-refractivity contribution in [2.45, 2.75) is 12.8 Å². The van der Waals surface area contributed by atoms with E-state index in [1.165, 1.54) is 16.3 Å². The van der Waals surface area contributed by atoms with Crippen LogP contribution in [0.5, 0.6) is 0 Å². The lowest BCUT2D eigenvalue weighted by molar-refractivity contribution is 0.297. The number of aliphatic hydroxyl groups excluding tert-OH is 1. The SMILES string of the molecule is OCC[CH]Cc1cncc2ccccc12. The molecule has 15 heavy (non-hydrogen) atoms. The molecule has 0 fully saturated rings. The molecule has 0 aliphatic heterocycles. The summed E-state index contributed by atoms with van der Waals surface area (Å²) < 4.78 is 0. The van der Waals surface area contributed by atoms with Crippen molar-refractivity contribution in [3.05, 3.63) is 48.6 Å². The highest BCUT2D eigenvalue weighted by atomic mass is 16.2. The van der Waals surface area contributed by atoms with E-state index in [0.29, 0.717) is 0 Å². The molecular weight excluding hydrogens is 186 g/mol. The van der Waals surface area contributed by atoms with Gasteiger partial charge < -0.3 is 5.11 Å². The van der Waals surface area contributed by atoms with Gasteiger partial charge in [0, 0.05) is 24.4 Å². The Balaban J connectivity index is 2.26. The first-order valence-corrected chi connectivity index (χ1v) is 5.16. The highest BCUT2D eigenvalue weighted by Gasteiger charge is 2.00. The molecule has 0 saturated heterocycles. The van der Waals surface area contributed by atoms with Crippen LogP contribution in [0.25, 0.3) is 10.8 Å². The molecule has 2 heteroatoms. The second kappa shape index (κ2) is 4.89. The maximum atomic E-state index is 8.71. The Labute approximate surface area is 89.6 Å². The Morgan fingerprint density at radius 2 is 2.07 bits per heavy atom. The minimum Gasteiger partial charge on any atom is -0.396 e. The Bertz CT molecular complexity index is 434. The van der Waals surface area contributed by atoms with Crippen LogP contribution >= 0.6 is 0 Å². The summed E-state index contributed by atoms with van der Waals surface area (Å²) in [7, 11) is 0. The molecule has 1 heterocycles. The first kappa shape index (κ1) is 10.1. The second-order valence-electron chi connectivity index (χ2n) is 3.52. The van der Waals surface area contributed by atoms with Gasteiger partial charge in [-0.2, -0.15) is 0 Å². The van der Waals surface area contributed by atoms with Gasteiger partial charge in [0.15, 0.2) is 0 Å². The van der Waals surface area contributed by atoms with Crippen LogP contribution in [0.1, 0.15) is 12.0 Å². The minimum absolute atomic E-state index is 0.220. The number of aliphatic hydroxyl groups is 1. The van der Waals surface area contributed by atoms with Gasteiger partial charge in [-0.15, -0.1) is 0 Å². The lowest BCUT2D eigenvalue weighted by Gasteiger charge is -2.04. The highest BCUT2D eigenvalue weighted by molar-refractivity contribution is 5.84. The van der Waals surface area contributed by atoms with Crippen molar-refractivity contribution in [3.8, 4) is 0 Å². The summed E-state index contributed by atoms with van der Waals surface area (Å²) in [6.45, 7) is 0.220. The minimum atomic E-state index is 0.220. The summed E-state index contributed by atoms with van der Waals surface area (Å²) in [6, 6.07) is 8.24. The van der Waals surface area contributed by atoms with E-state index < -0.39 is 0 Å². The van der Waals surface area contributed by atoms with Gasteiger partial charge in [-0.3, -0.25) is 4.98 Å². The van der Waals surface area contributed by atoms with Crippen molar-refractivity contribution in [1.82, 2.24) is 4.98 Å². The van der Waals surface area contributed by atoms with Crippen molar-refractivity contribution >= 4 is 10.8 Å². The normalized spacial score (nSPS) is 10.7. The molecule has 0 saturated carbocycles. The zero-order valence-corrected chi connectivity index (χ0v) is 8.56. The molecule has 77 valence electrons. The van der Waals surface area contributed by atoms with Crippen LogP contribution in [0.2, 0.25) is 0 Å². The van der Waals surface area contributed by atoms with E-state index in [2.05, 4.69) is 23.5 Å². The first-order valence-electron chi connectivity index (χ1n) is 5.16. The van der Waals surface area contributed by atoms with Gasteiger partial charge in [0.25, 0.3) is 0 Å². The van der Waals surface area contributed by atoms with Crippen LogP contribution in [-0.4, -0.2) is 16.7 Å². The molecule has 0 amide bonds. The quantitative estimate of drug-likeness (QED) is 0.768. The summed E-state index contributed by atoms with van der Waals surface area (Å²) in [5.41, 5.74) is 1.22. The van der Waals surface area contributed by atoms with E-state index in [0.717, 1.165) is 12.8 Å². The topological polar surface area (TPSA) is 33.1 Å². The van der Waals surface area contributed by atoms with Crippen molar-refractivity contribution < 1.29 is 5.11 Å². The number of rotatable bonds is 4. The van der Waals surface area contributed by atoms with E-state index in [1.54, 1.807) is 0 Å². The van der Waals surface area contributed by atoms with Gasteiger partial charge in [0.2, 0.25) is 0 Å². The lowest BCUT2D eigenvalue weighted by atomic mass is 10.0. The summed E-state index contributed by atoms with van der Waals surface area (Å²) in [5.74, 6) is 0. The zero-order chi connectivity index (χ0) is 10.5. The van der Waals surface area contributed by atoms with Gasteiger partial charge in [0.1, 0.15) is 0 Å². The fraction of sp³-hybridized carbons (Fsp3) is 0.231. The Kier molecular flexibility index (Phi) is 3.30. The van der Waals surface area contributed by atoms with Gasteiger partial charge >= 0.3 is 0 Å². The summed E-state index contributed by atoms with van der Waals surface area (Å²) >= 11 is 0. The van der Waals surface area contributed by atoms with Gasteiger partial charge in [-0.25, -0.2) is 0 Å². The lowest BCUT2D eigenvalue weighted by Crippen LogP contribution is -1.92. The van der Waals surface area contributed by atoms with Crippen molar-refractivity contribution in [1.29, 1.82) is 0 Å². The van der Waals surface area contributed by atoms with Gasteiger partial charge in [-0.1, -0.05) is 24.3 Å². The molecule has 0 spiro atoms. The van der Waals surface area contributed by atoms with Gasteiger partial charge in [0.05, 0.1) is 0 Å². The summed E-state index contributed by atoms with van der Waals surface area (Å²) in [4.78, 5) is 4.21. The molecule has 2 rings (SSSR count). The van der Waals surface area contributed by atoms with E-state index in [-0.39, 0.29) is 6.61 Å². The number of aromatic nitrogens is 1. The fourth-order valence-corrected chi connectivity index (χ4v) is 1.69. The molecule has 1 radical (unpaired) electrons. The van der Waals surface area contributed by atoms with Crippen LogP contribution in [0.3, 0.4) is 0 Å². The van der Waals surface area contributed by atoms with Crippen LogP contribution in [0.4, 0.5) is 0 Å². The number of fused-ring (bicyclic) bond motifs is 1. The average Bonchev–Trinajstić information content (AvgIpc) is 2.30. The van der Waals surface area contributed by atoms with Crippen molar-refractivity contribution in [2.75, 3.05) is 6.61 Å². The van der Waals surface area contributed by atoms with E-state index in [4.69, 9.17) is 5.11 Å². The monoisotopic (exact) mass is 200 g/mol. The zero-order valence-electron chi connectivity index (χ0n) is 8.56. The van der Waals surface area contributed by atoms with Crippen molar-refractivity contribution in [2.24, 2.45) is 0 Å². The molecule has 1 aromatic heterocycles. The van der Waals surface area contributed by atoms with Crippen LogP contribution < -0.4 is 0 Å². The van der Waals surface area contributed by atoms with Crippen LogP contribution in [0, 0.1) is 6.42 Å². The molecule has 0 bridgehead atoms. The standard InChI is InChI=1S/C13H14NO/c15-8-4-3-6-12-10-14-9-11-5-1-2-7-13(11)12/h1-3,5,7,9-10,15H,4,6,8H2. The predicted octanol–water partition coefficient (Wildman–Crippen LogP) is 2.36. The second-order valence-corrected chi connectivity index (χ2v) is 3.52. The predicted molar refractivity (Wildman–Crippen MR) is 61.4 cm³/mol. The smallest absolute Gasteiger partial charge is 0.0433 e. The average molecular weight is 200 g/mol. The summed E-state index contributed by atoms with van der Waals surface area (Å²) in [5, 5.41) is 11.1. The molecule has 0 atom stereocenters. The number of hydrogen-bond acceptors (Lipinski definition) is 2. The first-order chi connectivity index (χ1) is 7.42. The summed E-state index contributed by atoms with van der Waals surface area (Å²) in [6.07, 6.45) is 7.47. The maximum Gasteiger partial charge on any atom is 0.0433 e. The van der Waals surface area contributed by atoms with Crippen molar-refractivity contribution in [3.63, 3.8) is 0 Å². The molecule has 2 aromatic rings. The van der Waals surface area contributed by atoms with Gasteiger partial charge in [-0.05, 0) is 30.2 Å². The molecule has 0 aliphatic carbocycles. The Hall–Kier alpha value is -1.41. The van der Waals surface area contributed by atoms with Crippen LogP contribution in [-0.2, 0) is 6.42 Å². The van der Waals surface area contributed by atoms with E-state index >= 15 is 0 Å². The van der Waals surface area contributed by atoms with E-state index in [1.807, 2.05) is 24.5 Å². The third-order valence-corrected chi connectivity index (χ3v) is 2.45.